The minimum atomic E-state index is -0.977. The molecule has 0 bridgehead atoms. The number of nitrogens with zero attached hydrogens (tertiary/aromatic N) is 2. The average molecular weight is 265 g/mol. The van der Waals surface area contributed by atoms with Crippen LogP contribution in [-0.2, 0) is 12.1 Å². The zero-order valence-electron chi connectivity index (χ0n) is 11.0. The summed E-state index contributed by atoms with van der Waals surface area (Å²) < 4.78 is 28.3. The summed E-state index contributed by atoms with van der Waals surface area (Å²) in [6.07, 6.45) is 4.40. The van der Waals surface area contributed by atoms with Crippen molar-refractivity contribution in [2.75, 3.05) is 0 Å². The third-order valence-electron chi connectivity index (χ3n) is 3.15. The third-order valence-corrected chi connectivity index (χ3v) is 3.15. The van der Waals surface area contributed by atoms with Crippen molar-refractivity contribution in [2.45, 2.75) is 32.4 Å². The van der Waals surface area contributed by atoms with Gasteiger partial charge in [0.2, 0.25) is 0 Å². The molecular formula is C14H17F2N3. The quantitative estimate of drug-likeness (QED) is 0.923. The molecule has 1 aromatic heterocycles. The fourth-order valence-corrected chi connectivity index (χ4v) is 2.00. The highest BCUT2D eigenvalue weighted by atomic mass is 19.1. The van der Waals surface area contributed by atoms with Crippen LogP contribution in [0.5, 0.6) is 0 Å². The molecule has 3 nitrogen and oxygen atoms in total. The van der Waals surface area contributed by atoms with Gasteiger partial charge in [-0.1, -0.05) is 6.92 Å². The van der Waals surface area contributed by atoms with Crippen LogP contribution >= 0.6 is 0 Å². The molecule has 2 N–H and O–H groups in total. The molecule has 5 heteroatoms. The highest BCUT2D eigenvalue weighted by Gasteiger charge is 2.26. The second-order valence-corrected chi connectivity index (χ2v) is 4.85. The van der Waals surface area contributed by atoms with E-state index in [9.17, 15) is 8.78 Å². The Labute approximate surface area is 111 Å². The van der Waals surface area contributed by atoms with E-state index < -0.39 is 17.2 Å². The van der Waals surface area contributed by atoms with E-state index in [2.05, 4.69) is 5.10 Å². The molecule has 0 amide bonds. The molecular weight excluding hydrogens is 248 g/mol. The SMILES string of the molecule is CCCn1cc(C(C)(N)c2cc(F)cc(F)c2)cn1. The number of benzene rings is 1. The lowest BCUT2D eigenvalue weighted by atomic mass is 9.87. The second-order valence-electron chi connectivity index (χ2n) is 4.85. The maximum Gasteiger partial charge on any atom is 0.126 e. The Hall–Kier alpha value is -1.75. The van der Waals surface area contributed by atoms with Crippen LogP contribution in [0.4, 0.5) is 8.78 Å². The van der Waals surface area contributed by atoms with Gasteiger partial charge in [0.05, 0.1) is 11.7 Å². The van der Waals surface area contributed by atoms with Gasteiger partial charge < -0.3 is 5.73 Å². The van der Waals surface area contributed by atoms with Crippen LogP contribution in [0.2, 0.25) is 0 Å². The molecule has 1 aromatic carbocycles. The fourth-order valence-electron chi connectivity index (χ4n) is 2.00. The van der Waals surface area contributed by atoms with Gasteiger partial charge in [0.15, 0.2) is 0 Å². The number of hydrogen-bond acceptors (Lipinski definition) is 2. The third kappa shape index (κ3) is 2.81. The topological polar surface area (TPSA) is 43.8 Å². The molecule has 0 spiro atoms. The Balaban J connectivity index is 2.39. The molecule has 2 aromatic rings. The summed E-state index contributed by atoms with van der Waals surface area (Å²) in [5, 5.41) is 4.19. The lowest BCUT2D eigenvalue weighted by molar-refractivity contribution is 0.549. The number of aromatic nitrogens is 2. The van der Waals surface area contributed by atoms with Gasteiger partial charge in [-0.2, -0.15) is 5.10 Å². The Morgan fingerprint density at radius 3 is 2.42 bits per heavy atom. The zero-order chi connectivity index (χ0) is 14.0. The summed E-state index contributed by atoms with van der Waals surface area (Å²) >= 11 is 0. The molecule has 0 fully saturated rings. The lowest BCUT2D eigenvalue weighted by Gasteiger charge is -2.24. The Morgan fingerprint density at radius 1 is 1.21 bits per heavy atom. The van der Waals surface area contributed by atoms with Crippen molar-refractivity contribution in [2.24, 2.45) is 5.73 Å². The van der Waals surface area contributed by atoms with Crippen LogP contribution in [0.3, 0.4) is 0 Å². The highest BCUT2D eigenvalue weighted by Crippen LogP contribution is 2.27. The number of rotatable bonds is 4. The normalized spacial score (nSPS) is 14.4. The van der Waals surface area contributed by atoms with Crippen molar-refractivity contribution in [1.29, 1.82) is 0 Å². The van der Waals surface area contributed by atoms with E-state index in [0.29, 0.717) is 5.56 Å². The van der Waals surface area contributed by atoms with Crippen LogP contribution in [0, 0.1) is 11.6 Å². The van der Waals surface area contributed by atoms with E-state index in [1.165, 1.54) is 12.1 Å². The molecule has 1 heterocycles. The fraction of sp³-hybridized carbons (Fsp3) is 0.357. The van der Waals surface area contributed by atoms with Crippen LogP contribution < -0.4 is 5.73 Å². The predicted octanol–water partition coefficient (Wildman–Crippen LogP) is 2.79. The first-order valence-electron chi connectivity index (χ1n) is 6.22. The standard InChI is InChI=1S/C14H17F2N3/c1-3-4-19-9-11(8-18-19)14(2,17)10-5-12(15)7-13(16)6-10/h5-9H,3-4,17H2,1-2H3. The van der Waals surface area contributed by atoms with E-state index in [1.54, 1.807) is 17.8 Å². The van der Waals surface area contributed by atoms with Crippen molar-refractivity contribution in [3.05, 3.63) is 53.4 Å². The molecule has 2 rings (SSSR count). The Kier molecular flexibility index (Phi) is 3.66. The van der Waals surface area contributed by atoms with E-state index in [-0.39, 0.29) is 0 Å². The zero-order valence-corrected chi connectivity index (χ0v) is 11.0. The van der Waals surface area contributed by atoms with Gasteiger partial charge in [-0.05, 0) is 31.0 Å². The summed E-state index contributed by atoms with van der Waals surface area (Å²) in [6, 6.07) is 3.33. The van der Waals surface area contributed by atoms with Gasteiger partial charge in [-0.15, -0.1) is 0 Å². The summed E-state index contributed by atoms with van der Waals surface area (Å²) in [5.41, 5.74) is 6.36. The minimum absolute atomic E-state index is 0.390. The molecule has 1 unspecified atom stereocenters. The number of hydrogen-bond donors (Lipinski definition) is 1. The summed E-state index contributed by atoms with van der Waals surface area (Å²) in [4.78, 5) is 0. The second kappa shape index (κ2) is 5.09. The largest absolute Gasteiger partial charge is 0.318 e. The van der Waals surface area contributed by atoms with E-state index in [1.807, 2.05) is 13.1 Å². The molecule has 0 aliphatic heterocycles. The minimum Gasteiger partial charge on any atom is -0.318 e. The van der Waals surface area contributed by atoms with E-state index in [0.717, 1.165) is 24.6 Å². The van der Waals surface area contributed by atoms with Crippen LogP contribution in [0.15, 0.2) is 30.6 Å². The maximum atomic E-state index is 13.3. The number of nitrogens with two attached hydrogens (primary N) is 1. The first-order chi connectivity index (χ1) is 8.93. The van der Waals surface area contributed by atoms with Crippen LogP contribution in [-0.4, -0.2) is 9.78 Å². The molecule has 1 atom stereocenters. The molecule has 0 aliphatic carbocycles. The molecule has 19 heavy (non-hydrogen) atoms. The highest BCUT2D eigenvalue weighted by molar-refractivity contribution is 5.35. The first kappa shape index (κ1) is 13.7. The van der Waals surface area contributed by atoms with E-state index in [4.69, 9.17) is 5.73 Å². The van der Waals surface area contributed by atoms with Crippen LogP contribution in [0.25, 0.3) is 0 Å². The maximum absolute atomic E-state index is 13.3. The van der Waals surface area contributed by atoms with E-state index >= 15 is 0 Å². The summed E-state index contributed by atoms with van der Waals surface area (Å²) in [7, 11) is 0. The Morgan fingerprint density at radius 2 is 1.84 bits per heavy atom. The lowest BCUT2D eigenvalue weighted by Crippen LogP contribution is -2.34. The van der Waals surface area contributed by atoms with Gasteiger partial charge in [0, 0.05) is 24.4 Å². The number of halogens is 2. The molecule has 102 valence electrons. The summed E-state index contributed by atoms with van der Waals surface area (Å²) in [6.45, 7) is 4.55. The summed E-state index contributed by atoms with van der Waals surface area (Å²) in [5.74, 6) is -1.26. The van der Waals surface area contributed by atoms with Crippen LogP contribution in [0.1, 0.15) is 31.4 Å². The predicted molar refractivity (Wildman–Crippen MR) is 69.5 cm³/mol. The molecule has 0 saturated heterocycles. The van der Waals surface area contributed by atoms with Gasteiger partial charge in [-0.3, -0.25) is 4.68 Å². The Bertz CT molecular complexity index is 556. The molecule has 0 aliphatic rings. The van der Waals surface area contributed by atoms with Gasteiger partial charge >= 0.3 is 0 Å². The van der Waals surface area contributed by atoms with Crippen molar-refractivity contribution in [1.82, 2.24) is 9.78 Å². The van der Waals surface area contributed by atoms with Gasteiger partial charge in [-0.25, -0.2) is 8.78 Å². The first-order valence-corrected chi connectivity index (χ1v) is 6.22. The van der Waals surface area contributed by atoms with Crippen molar-refractivity contribution >= 4 is 0 Å². The molecule has 0 saturated carbocycles. The van der Waals surface area contributed by atoms with Gasteiger partial charge in [0.25, 0.3) is 0 Å². The van der Waals surface area contributed by atoms with Crippen molar-refractivity contribution in [3.8, 4) is 0 Å². The number of aryl methyl sites for hydroxylation is 1. The van der Waals surface area contributed by atoms with Crippen molar-refractivity contribution in [3.63, 3.8) is 0 Å². The monoisotopic (exact) mass is 265 g/mol. The average Bonchev–Trinajstić information content (AvgIpc) is 2.77. The molecule has 0 radical (unpaired) electrons. The van der Waals surface area contributed by atoms with Crippen molar-refractivity contribution < 1.29 is 8.78 Å². The van der Waals surface area contributed by atoms with Gasteiger partial charge in [0.1, 0.15) is 11.6 Å². The smallest absolute Gasteiger partial charge is 0.126 e.